The fraction of sp³-hybridized carbons (Fsp3) is 1.00. The zero-order valence-corrected chi connectivity index (χ0v) is 42.2. The topological polar surface area (TPSA) is 366 Å². The molecule has 0 aromatic carbocycles. The van der Waals surface area contributed by atoms with E-state index in [1.54, 1.807) is 0 Å². The quantitative estimate of drug-likeness (QED) is 0.0714. The van der Waals surface area contributed by atoms with Crippen LogP contribution < -0.4 is 0 Å². The predicted octanol–water partition coefficient (Wildman–Crippen LogP) is -3.32. The number of rotatable bonds is 15. The lowest BCUT2D eigenvalue weighted by molar-refractivity contribution is -0.388. The Labute approximate surface area is 425 Å². The molecule has 0 bridgehead atoms. The van der Waals surface area contributed by atoms with Gasteiger partial charge in [-0.25, -0.2) is 0 Å². The summed E-state index contributed by atoms with van der Waals surface area (Å²) in [4.78, 5) is 0. The van der Waals surface area contributed by atoms with Crippen LogP contribution in [-0.2, 0) is 42.6 Å². The van der Waals surface area contributed by atoms with Crippen molar-refractivity contribution < 1.29 is 114 Å². The van der Waals surface area contributed by atoms with Crippen molar-refractivity contribution >= 4 is 0 Å². The zero-order valence-electron chi connectivity index (χ0n) is 42.2. The molecule has 9 aliphatic rings. The molecule has 422 valence electrons. The summed E-state index contributed by atoms with van der Waals surface area (Å²) in [6.07, 6.45) is -21.6. The molecule has 5 heterocycles. The Morgan fingerprint density at radius 3 is 1.86 bits per heavy atom. The fourth-order valence-electron chi connectivity index (χ4n) is 15.4. The van der Waals surface area contributed by atoms with Crippen LogP contribution in [0.25, 0.3) is 0 Å². The van der Waals surface area contributed by atoms with E-state index < -0.39 is 155 Å². The lowest BCUT2D eigenvalue weighted by atomic mass is 9.44. The minimum atomic E-state index is -1.85. The first-order valence-electron chi connectivity index (χ1n) is 26.8. The van der Waals surface area contributed by atoms with Gasteiger partial charge in [-0.1, -0.05) is 27.7 Å². The molecule has 73 heavy (non-hydrogen) atoms. The van der Waals surface area contributed by atoms with Gasteiger partial charge in [0.25, 0.3) is 0 Å². The highest BCUT2D eigenvalue weighted by Gasteiger charge is 2.68. The normalized spacial score (nSPS) is 55.6. The molecule has 0 radical (unpaired) electrons. The third-order valence-electron chi connectivity index (χ3n) is 19.7. The Balaban J connectivity index is 0.831. The van der Waals surface area contributed by atoms with Crippen molar-refractivity contribution in [1.29, 1.82) is 0 Å². The van der Waals surface area contributed by atoms with Crippen molar-refractivity contribution in [1.82, 2.24) is 0 Å². The highest BCUT2D eigenvalue weighted by Crippen LogP contribution is 2.71. The molecular weight excluding hydrogens is 969 g/mol. The maximum Gasteiger partial charge on any atom is 0.187 e. The Hall–Kier alpha value is -0.920. The first-order valence-corrected chi connectivity index (χ1v) is 26.8. The summed E-state index contributed by atoms with van der Waals surface area (Å²) in [6, 6.07) is 0. The first-order chi connectivity index (χ1) is 34.6. The molecule has 23 nitrogen and oxygen atoms in total. The highest BCUT2D eigenvalue weighted by atomic mass is 16.8. The summed E-state index contributed by atoms with van der Waals surface area (Å²) in [5.41, 5.74) is -0.0627. The second-order valence-electron chi connectivity index (χ2n) is 23.8. The minimum absolute atomic E-state index is 0.0203. The molecule has 0 amide bonds. The lowest BCUT2D eigenvalue weighted by Gasteiger charge is -2.61. The number of fused-ring (bicyclic) bond motifs is 7. The molecule has 0 spiro atoms. The standard InChI is InChI=1S/C50H84O23/c1-20(18-65-44-39(61)36(58)34(56)29(15-51)68-44)7-12-50(64)21(2)32-28(73-50)14-26-24-6-5-22-13-23(8-10-48(22,3)25(24)9-11-49(26,32)4)67-47-43(72-46-40(62)37(59)35(57)30(16-52)69-46)41(63)42(31(17-53)70-47)71-45-38(60)33(55)27(54)19-66-45/h20-47,51-64H,5-19H2,1-4H3. The van der Waals surface area contributed by atoms with Crippen molar-refractivity contribution in [3.63, 3.8) is 0 Å². The van der Waals surface area contributed by atoms with Gasteiger partial charge in [0.05, 0.1) is 45.2 Å². The van der Waals surface area contributed by atoms with E-state index >= 15 is 0 Å². The van der Waals surface area contributed by atoms with E-state index in [4.69, 9.17) is 42.6 Å². The molecule has 9 fully saturated rings. The van der Waals surface area contributed by atoms with Gasteiger partial charge >= 0.3 is 0 Å². The highest BCUT2D eigenvalue weighted by molar-refractivity contribution is 5.15. The van der Waals surface area contributed by atoms with Crippen LogP contribution in [0, 0.1) is 52.3 Å². The van der Waals surface area contributed by atoms with E-state index in [0.29, 0.717) is 43.4 Å². The predicted molar refractivity (Wildman–Crippen MR) is 246 cm³/mol. The van der Waals surface area contributed by atoms with Crippen molar-refractivity contribution in [2.75, 3.05) is 33.0 Å². The van der Waals surface area contributed by atoms with E-state index in [1.807, 2.05) is 6.92 Å². The van der Waals surface area contributed by atoms with Crippen LogP contribution in [0.3, 0.4) is 0 Å². The van der Waals surface area contributed by atoms with Crippen LogP contribution in [0.4, 0.5) is 0 Å². The van der Waals surface area contributed by atoms with Gasteiger partial charge in [0, 0.05) is 12.3 Å². The van der Waals surface area contributed by atoms with Crippen LogP contribution in [0.5, 0.6) is 0 Å². The molecule has 31 atom stereocenters. The van der Waals surface area contributed by atoms with Crippen molar-refractivity contribution in [2.24, 2.45) is 52.3 Å². The molecule has 0 aromatic rings. The van der Waals surface area contributed by atoms with Crippen LogP contribution in [-0.4, -0.2) is 239 Å². The molecule has 0 aromatic heterocycles. The Bertz CT molecular complexity index is 1820. The number of aliphatic hydroxyl groups excluding tert-OH is 13. The Kier molecular flexibility index (Phi) is 17.4. The maximum atomic E-state index is 12.1. The Morgan fingerprint density at radius 2 is 1.19 bits per heavy atom. The molecule has 14 N–H and O–H groups in total. The molecule has 4 saturated carbocycles. The average Bonchev–Trinajstić information content (AvgIpc) is 3.81. The molecule has 9 rings (SSSR count). The minimum Gasteiger partial charge on any atom is -0.394 e. The van der Waals surface area contributed by atoms with Gasteiger partial charge in [0.15, 0.2) is 30.9 Å². The van der Waals surface area contributed by atoms with E-state index in [0.717, 1.165) is 38.5 Å². The van der Waals surface area contributed by atoms with Crippen molar-refractivity contribution in [3.8, 4) is 0 Å². The summed E-state index contributed by atoms with van der Waals surface area (Å²) in [5, 5.41) is 148. The summed E-state index contributed by atoms with van der Waals surface area (Å²) in [6.45, 7) is 6.62. The van der Waals surface area contributed by atoms with Gasteiger partial charge < -0.3 is 114 Å². The van der Waals surface area contributed by atoms with Gasteiger partial charge in [0.2, 0.25) is 0 Å². The first kappa shape index (κ1) is 56.8. The number of hydrogen-bond donors (Lipinski definition) is 14. The number of ether oxygens (including phenoxy) is 9. The van der Waals surface area contributed by atoms with E-state index in [-0.39, 0.29) is 47.2 Å². The monoisotopic (exact) mass is 1050 g/mol. The molecule has 5 aliphatic heterocycles. The van der Waals surface area contributed by atoms with Gasteiger partial charge in [-0.3, -0.25) is 0 Å². The van der Waals surface area contributed by atoms with Gasteiger partial charge in [-0.2, -0.15) is 0 Å². The third-order valence-corrected chi connectivity index (χ3v) is 19.7. The number of aliphatic hydroxyl groups is 14. The summed E-state index contributed by atoms with van der Waals surface area (Å²) >= 11 is 0. The SMILES string of the molecule is CC(CCC1(O)OC2CC3C4CCC5CC(OC6OC(CO)C(OC7OCC(O)C(O)C7O)C(O)C6OC6OC(CO)C(O)C(O)C6O)CCC5(C)C4CCC3(C)C2C1C)COC1OC(CO)C(O)C(O)C1O. The van der Waals surface area contributed by atoms with Crippen LogP contribution in [0.2, 0.25) is 0 Å². The van der Waals surface area contributed by atoms with Gasteiger partial charge in [-0.05, 0) is 104 Å². The third kappa shape index (κ3) is 10.3. The van der Waals surface area contributed by atoms with E-state index in [1.165, 1.54) is 0 Å². The second kappa shape index (κ2) is 22.3. The van der Waals surface area contributed by atoms with Crippen molar-refractivity contribution in [3.05, 3.63) is 0 Å². The van der Waals surface area contributed by atoms with E-state index in [2.05, 4.69) is 20.8 Å². The fourth-order valence-corrected chi connectivity index (χ4v) is 15.4. The van der Waals surface area contributed by atoms with Gasteiger partial charge in [0.1, 0.15) is 91.6 Å². The van der Waals surface area contributed by atoms with Crippen LogP contribution in [0.1, 0.15) is 91.9 Å². The summed E-state index contributed by atoms with van der Waals surface area (Å²) < 4.78 is 54.1. The summed E-state index contributed by atoms with van der Waals surface area (Å²) in [7, 11) is 0. The van der Waals surface area contributed by atoms with Crippen LogP contribution >= 0.6 is 0 Å². The number of hydrogen-bond acceptors (Lipinski definition) is 23. The molecule has 23 heteroatoms. The zero-order chi connectivity index (χ0) is 52.6. The molecule has 5 saturated heterocycles. The maximum absolute atomic E-state index is 12.1. The van der Waals surface area contributed by atoms with E-state index in [9.17, 15) is 71.5 Å². The van der Waals surface area contributed by atoms with Crippen molar-refractivity contribution in [2.45, 2.75) is 227 Å². The lowest BCUT2D eigenvalue weighted by Crippen LogP contribution is -2.66. The van der Waals surface area contributed by atoms with Crippen LogP contribution in [0.15, 0.2) is 0 Å². The summed E-state index contributed by atoms with van der Waals surface area (Å²) in [5.74, 6) is 0.188. The smallest absolute Gasteiger partial charge is 0.187 e. The van der Waals surface area contributed by atoms with Gasteiger partial charge in [-0.15, -0.1) is 0 Å². The largest absolute Gasteiger partial charge is 0.394 e. The Morgan fingerprint density at radius 1 is 0.589 bits per heavy atom. The molecule has 4 aliphatic carbocycles. The molecular formula is C50H84O23. The second-order valence-corrected chi connectivity index (χ2v) is 23.8. The molecule has 31 unspecified atom stereocenters. The average molecular weight is 1050 g/mol.